The second kappa shape index (κ2) is 14.4. The van der Waals surface area contributed by atoms with E-state index in [1.165, 1.54) is 14.2 Å². The Morgan fingerprint density at radius 1 is 1.15 bits per heavy atom. The third-order valence-corrected chi connectivity index (χ3v) is 7.94. The highest BCUT2D eigenvalue weighted by Gasteiger charge is 2.43. The smallest absolute Gasteiger partial charge is 0.331 e. The Morgan fingerprint density at radius 2 is 1.79 bits per heavy atom. The number of ether oxygens (including phenoxy) is 2. The molecule has 0 aromatic heterocycles. The van der Waals surface area contributed by atoms with E-state index in [0.717, 1.165) is 12.5 Å². The van der Waals surface area contributed by atoms with Gasteiger partial charge in [-0.25, -0.2) is 4.79 Å². The number of hydrogen-bond acceptors (Lipinski definition) is 11. The van der Waals surface area contributed by atoms with E-state index in [4.69, 9.17) is 14.0 Å². The Hall–Kier alpha value is -2.29. The summed E-state index contributed by atoms with van der Waals surface area (Å²) >= 11 is 0. The van der Waals surface area contributed by atoms with E-state index in [1.54, 1.807) is 12.1 Å². The number of benzene rings is 1. The van der Waals surface area contributed by atoms with Gasteiger partial charge in [-0.2, -0.15) is 0 Å². The summed E-state index contributed by atoms with van der Waals surface area (Å²) in [6, 6.07) is 3.66. The monoisotopic (exact) mass is 578 g/mol. The number of methoxy groups -OCH3 is 2. The van der Waals surface area contributed by atoms with Crippen LogP contribution in [0, 0.1) is 0 Å². The molecule has 7 atom stereocenters. The van der Waals surface area contributed by atoms with Crippen LogP contribution in [0.5, 0.6) is 11.5 Å². The van der Waals surface area contributed by atoms with Crippen molar-refractivity contribution in [1.82, 2.24) is 10.6 Å². The summed E-state index contributed by atoms with van der Waals surface area (Å²) < 4.78 is 27.9. The van der Waals surface area contributed by atoms with Gasteiger partial charge in [0.05, 0.1) is 57.9 Å². The van der Waals surface area contributed by atoms with E-state index in [0.29, 0.717) is 24.3 Å². The summed E-state index contributed by atoms with van der Waals surface area (Å²) in [6.45, 7) is -0.171. The minimum Gasteiger partial charge on any atom is -0.493 e. The van der Waals surface area contributed by atoms with Gasteiger partial charge in [-0.15, -0.1) is 0 Å². The van der Waals surface area contributed by atoms with Gasteiger partial charge >= 0.3 is 13.6 Å². The molecule has 1 aliphatic rings. The molecular formula is C24H39N2O12P. The molecule has 222 valence electrons. The number of carboxylic acids is 1. The number of aliphatic carboxylic acids is 1. The van der Waals surface area contributed by atoms with Crippen LogP contribution in [-0.2, 0) is 25.1 Å². The van der Waals surface area contributed by atoms with Gasteiger partial charge in [0.1, 0.15) is 0 Å². The number of carboxylic acid groups (broad SMARTS) is 1. The van der Waals surface area contributed by atoms with E-state index < -0.39 is 74.8 Å². The topological polar surface area (TPSA) is 224 Å². The van der Waals surface area contributed by atoms with Crippen molar-refractivity contribution in [3.05, 3.63) is 23.8 Å². The summed E-state index contributed by atoms with van der Waals surface area (Å²) in [6.07, 6.45) is -4.21. The highest BCUT2D eigenvalue weighted by atomic mass is 31.2. The van der Waals surface area contributed by atoms with Crippen LogP contribution in [-0.4, -0.2) is 112 Å². The number of nitrogens with one attached hydrogen (secondary N) is 2. The van der Waals surface area contributed by atoms with Crippen molar-refractivity contribution in [3.8, 4) is 11.5 Å². The number of carbonyl (C=O) groups is 2. The minimum atomic E-state index is -4.53. The van der Waals surface area contributed by atoms with Crippen molar-refractivity contribution < 1.29 is 58.6 Å². The second-order valence-corrected chi connectivity index (χ2v) is 11.7. The molecule has 15 heteroatoms. The highest BCUT2D eigenvalue weighted by molar-refractivity contribution is 7.52. The average molecular weight is 579 g/mol. The molecule has 1 aromatic rings. The Balaban J connectivity index is 1.87. The predicted octanol–water partition coefficient (Wildman–Crippen LogP) is -1.01. The van der Waals surface area contributed by atoms with Crippen molar-refractivity contribution in [2.75, 3.05) is 33.6 Å². The fourth-order valence-electron chi connectivity index (χ4n) is 4.24. The number of rotatable bonds is 16. The molecule has 2 unspecified atom stereocenters. The van der Waals surface area contributed by atoms with Crippen molar-refractivity contribution in [2.24, 2.45) is 0 Å². The summed E-state index contributed by atoms with van der Waals surface area (Å²) in [7, 11) is -1.50. The Labute approximate surface area is 226 Å². The van der Waals surface area contributed by atoms with Crippen LogP contribution in [0.15, 0.2) is 18.2 Å². The molecule has 1 saturated heterocycles. The molecule has 8 N–H and O–H groups in total. The number of hydrogen-bond donors (Lipinski definition) is 8. The largest absolute Gasteiger partial charge is 0.493 e. The molecule has 0 radical (unpaired) electrons. The lowest BCUT2D eigenvalue weighted by atomic mass is 10.0. The molecule has 14 nitrogen and oxygen atoms in total. The first-order chi connectivity index (χ1) is 18.2. The van der Waals surface area contributed by atoms with Crippen LogP contribution >= 0.6 is 7.60 Å². The van der Waals surface area contributed by atoms with Crippen LogP contribution in [0.1, 0.15) is 31.7 Å². The molecule has 1 aromatic carbocycles. The van der Waals surface area contributed by atoms with Crippen LogP contribution in [0.4, 0.5) is 0 Å². The zero-order chi connectivity index (χ0) is 29.4. The lowest BCUT2D eigenvalue weighted by Crippen LogP contribution is -2.55. The highest BCUT2D eigenvalue weighted by Crippen LogP contribution is 2.44. The van der Waals surface area contributed by atoms with E-state index in [2.05, 4.69) is 10.6 Å². The fraction of sp³-hybridized carbons (Fsp3) is 0.667. The van der Waals surface area contributed by atoms with Gasteiger partial charge < -0.3 is 55.1 Å². The molecular weight excluding hydrogens is 539 g/mol. The summed E-state index contributed by atoms with van der Waals surface area (Å²) in [5, 5.41) is 54.0. The molecule has 1 aliphatic heterocycles. The summed E-state index contributed by atoms with van der Waals surface area (Å²) in [4.78, 5) is 34.5. The second-order valence-electron chi connectivity index (χ2n) is 9.75. The molecule has 39 heavy (non-hydrogen) atoms. The molecule has 2 rings (SSSR count). The van der Waals surface area contributed by atoms with Crippen LogP contribution in [0.3, 0.4) is 0 Å². The Bertz CT molecular complexity index is 1030. The van der Waals surface area contributed by atoms with Gasteiger partial charge in [-0.3, -0.25) is 9.36 Å². The van der Waals surface area contributed by atoms with Crippen molar-refractivity contribution >= 4 is 19.5 Å². The number of aliphatic hydroxyl groups excluding tert-OH is 4. The normalized spacial score (nSPS) is 24.8. The molecule has 1 heterocycles. The molecule has 0 spiro atoms. The fourth-order valence-corrected chi connectivity index (χ4v) is 5.49. The maximum absolute atomic E-state index is 12.5. The first-order valence-corrected chi connectivity index (χ1v) is 14.1. The zero-order valence-corrected chi connectivity index (χ0v) is 23.0. The van der Waals surface area contributed by atoms with Crippen LogP contribution in [0.2, 0.25) is 0 Å². The third kappa shape index (κ3) is 9.40. The van der Waals surface area contributed by atoms with Crippen molar-refractivity contribution in [1.29, 1.82) is 0 Å². The maximum Gasteiger partial charge on any atom is 0.331 e. The van der Waals surface area contributed by atoms with Gasteiger partial charge in [0.25, 0.3) is 0 Å². The van der Waals surface area contributed by atoms with Gasteiger partial charge in [0.2, 0.25) is 5.91 Å². The van der Waals surface area contributed by atoms with Gasteiger partial charge in [0, 0.05) is 12.5 Å². The lowest BCUT2D eigenvalue weighted by Gasteiger charge is -2.28. The Kier molecular flexibility index (Phi) is 12.1. The first kappa shape index (κ1) is 32.9. The summed E-state index contributed by atoms with van der Waals surface area (Å²) in [5.74, 6) is -0.989. The van der Waals surface area contributed by atoms with Crippen LogP contribution in [0.25, 0.3) is 0 Å². The van der Waals surface area contributed by atoms with E-state index in [1.807, 2.05) is 6.07 Å². The molecule has 0 saturated carbocycles. The quantitative estimate of drug-likeness (QED) is 0.110. The van der Waals surface area contributed by atoms with Crippen LogP contribution < -0.4 is 20.1 Å². The Morgan fingerprint density at radius 3 is 2.36 bits per heavy atom. The van der Waals surface area contributed by atoms with Crippen molar-refractivity contribution in [3.63, 3.8) is 0 Å². The zero-order valence-electron chi connectivity index (χ0n) is 22.1. The molecule has 1 amide bonds. The van der Waals surface area contributed by atoms with Gasteiger partial charge in [-0.1, -0.05) is 6.07 Å². The number of carbonyl (C=O) groups excluding carboxylic acids is 1. The molecule has 1 fully saturated rings. The predicted molar refractivity (Wildman–Crippen MR) is 138 cm³/mol. The van der Waals surface area contributed by atoms with E-state index in [9.17, 15) is 44.6 Å². The van der Waals surface area contributed by atoms with Gasteiger partial charge in [0.15, 0.2) is 17.0 Å². The number of amides is 1. The third-order valence-electron chi connectivity index (χ3n) is 6.53. The van der Waals surface area contributed by atoms with E-state index in [-0.39, 0.29) is 12.8 Å². The molecule has 0 bridgehead atoms. The SMILES string of the molecule is COc1ccc(CCCC(=O)NC(C)(COP(=O)(O)C[C@H](O)C[C@H]2N[C@H](CO)[C@@H](O)[C@@H]2O)C(=O)O)cc1OC. The van der Waals surface area contributed by atoms with Crippen molar-refractivity contribution in [2.45, 2.75) is 68.5 Å². The summed E-state index contributed by atoms with van der Waals surface area (Å²) in [5.41, 5.74) is -1.14. The average Bonchev–Trinajstić information content (AvgIpc) is 3.14. The van der Waals surface area contributed by atoms with Gasteiger partial charge in [-0.05, 0) is 43.9 Å². The lowest BCUT2D eigenvalue weighted by molar-refractivity contribution is -0.148. The van der Waals surface area contributed by atoms with E-state index >= 15 is 0 Å². The maximum atomic E-state index is 12.5. The number of aliphatic hydroxyl groups is 4. The first-order valence-electron chi connectivity index (χ1n) is 12.4. The standard InChI is InChI=1S/C24H39N2O12P/c1-24(23(32)33,26-20(29)6-4-5-14-7-8-18(36-2)19(9-14)37-3)13-38-39(34,35)12-15(28)10-16-21(30)22(31)17(11-27)25-16/h7-9,15-17,21-22,25,27-28,30-31H,4-6,10-13H2,1-3H3,(H,26,29)(H,32,33)(H,34,35)/t15-,16-,17-,21-,22-,24?/m1/s1. The number of aryl methyl sites for hydroxylation is 1. The minimum absolute atomic E-state index is 0.0237. The molecule has 0 aliphatic carbocycles.